The number of amides is 2. The number of aryl methyl sites for hydroxylation is 1. The average molecular weight is 598 g/mol. The van der Waals surface area contributed by atoms with E-state index in [9.17, 15) is 19.2 Å². The number of ether oxygens (including phenoxy) is 3. The lowest BCUT2D eigenvalue weighted by Crippen LogP contribution is -2.32. The van der Waals surface area contributed by atoms with Crippen LogP contribution in [0.5, 0.6) is 5.75 Å². The van der Waals surface area contributed by atoms with Crippen LogP contribution in [0, 0.1) is 6.92 Å². The van der Waals surface area contributed by atoms with Gasteiger partial charge in [0.05, 0.1) is 12.2 Å². The number of hydroxylamine groups is 2. The Balaban J connectivity index is 1.51. The summed E-state index contributed by atoms with van der Waals surface area (Å²) in [4.78, 5) is 51.5. The maximum absolute atomic E-state index is 12.5. The molecular formula is C29H43NO8S2. The Bertz CT molecular complexity index is 927. The molecule has 2 rings (SSSR count). The van der Waals surface area contributed by atoms with Crippen molar-refractivity contribution >= 4 is 45.5 Å². The molecule has 0 radical (unpaired) electrons. The summed E-state index contributed by atoms with van der Waals surface area (Å²) in [5.41, 5.74) is 1.41. The Morgan fingerprint density at radius 1 is 0.775 bits per heavy atom. The molecule has 0 unspecified atom stereocenters. The largest absolute Gasteiger partial charge is 0.533 e. The van der Waals surface area contributed by atoms with E-state index in [1.165, 1.54) is 73.0 Å². The van der Waals surface area contributed by atoms with Gasteiger partial charge in [-0.05, 0) is 37.1 Å². The molecule has 1 heterocycles. The molecule has 11 heteroatoms. The second kappa shape index (κ2) is 20.5. The lowest BCUT2D eigenvalue weighted by molar-refractivity contribution is -0.176. The molecule has 1 fully saturated rings. The van der Waals surface area contributed by atoms with E-state index >= 15 is 0 Å². The smallest absolute Gasteiger partial charge is 0.494 e. The highest BCUT2D eigenvalue weighted by molar-refractivity contribution is 8.76. The molecule has 0 saturated carbocycles. The van der Waals surface area contributed by atoms with Crippen LogP contribution in [0.15, 0.2) is 18.2 Å². The maximum atomic E-state index is 12.5. The van der Waals surface area contributed by atoms with Gasteiger partial charge in [0.25, 0.3) is 11.8 Å². The Kier molecular flexibility index (Phi) is 17.3. The van der Waals surface area contributed by atoms with Crippen molar-refractivity contribution in [3.63, 3.8) is 0 Å². The molecule has 2 amide bonds. The van der Waals surface area contributed by atoms with Crippen molar-refractivity contribution in [3.05, 3.63) is 29.3 Å². The van der Waals surface area contributed by atoms with Crippen LogP contribution < -0.4 is 4.74 Å². The number of esters is 1. The summed E-state index contributed by atoms with van der Waals surface area (Å²) in [6.45, 7) is 5.10. The minimum absolute atomic E-state index is 0.0292. The van der Waals surface area contributed by atoms with Crippen LogP contribution >= 0.6 is 21.6 Å². The van der Waals surface area contributed by atoms with E-state index in [-0.39, 0.29) is 26.1 Å². The standard InChI is InChI=1S/C29H43NO8S2/c1-3-4-5-6-7-8-9-10-11-12-15-35-25-21-23(2)20-24(22-25)28(33)36-16-18-39-40-19-17-37-29(34)38-30-26(31)13-14-27(30)32/h20-22H,3-19H2,1-2H3. The van der Waals surface area contributed by atoms with Crippen molar-refractivity contribution in [2.45, 2.75) is 90.9 Å². The second-order valence-corrected chi connectivity index (χ2v) is 12.3. The molecule has 224 valence electrons. The van der Waals surface area contributed by atoms with Crippen LogP contribution in [-0.4, -0.2) is 60.3 Å². The van der Waals surface area contributed by atoms with Gasteiger partial charge in [-0.25, -0.2) is 9.59 Å². The van der Waals surface area contributed by atoms with E-state index in [0.717, 1.165) is 18.4 Å². The minimum atomic E-state index is -1.09. The summed E-state index contributed by atoms with van der Waals surface area (Å²) in [5, 5.41) is 0.445. The normalized spacial score (nSPS) is 13.0. The number of nitrogens with zero attached hydrogens (tertiary/aromatic N) is 1. The van der Waals surface area contributed by atoms with Gasteiger partial charge >= 0.3 is 12.1 Å². The van der Waals surface area contributed by atoms with Crippen LogP contribution in [0.4, 0.5) is 4.79 Å². The Morgan fingerprint density at radius 3 is 1.98 bits per heavy atom. The zero-order valence-corrected chi connectivity index (χ0v) is 25.4. The topological polar surface area (TPSA) is 108 Å². The van der Waals surface area contributed by atoms with Gasteiger partial charge in [-0.15, -0.1) is 0 Å². The van der Waals surface area contributed by atoms with Crippen molar-refractivity contribution < 1.29 is 38.2 Å². The number of carbonyl (C=O) groups excluding carboxylic acids is 4. The predicted octanol–water partition coefficient (Wildman–Crippen LogP) is 7.05. The van der Waals surface area contributed by atoms with Gasteiger partial charge in [-0.2, -0.15) is 0 Å². The van der Waals surface area contributed by atoms with Crippen molar-refractivity contribution in [2.24, 2.45) is 0 Å². The van der Waals surface area contributed by atoms with Crippen LogP contribution in [0.2, 0.25) is 0 Å². The highest BCUT2D eigenvalue weighted by Crippen LogP contribution is 2.22. The summed E-state index contributed by atoms with van der Waals surface area (Å²) in [7, 11) is 2.91. The molecule has 0 atom stereocenters. The highest BCUT2D eigenvalue weighted by Gasteiger charge is 2.33. The molecule has 0 aromatic heterocycles. The molecular weight excluding hydrogens is 554 g/mol. The van der Waals surface area contributed by atoms with Crippen molar-refractivity contribution in [1.29, 1.82) is 0 Å². The first-order valence-corrected chi connectivity index (χ1v) is 16.8. The molecule has 0 bridgehead atoms. The van der Waals surface area contributed by atoms with Gasteiger partial charge in [0, 0.05) is 24.3 Å². The molecule has 0 aliphatic carbocycles. The van der Waals surface area contributed by atoms with Gasteiger partial charge in [0.1, 0.15) is 19.0 Å². The summed E-state index contributed by atoms with van der Waals surface area (Å²) in [6, 6.07) is 5.45. The third-order valence-electron chi connectivity index (χ3n) is 6.09. The third-order valence-corrected chi connectivity index (χ3v) is 8.43. The van der Waals surface area contributed by atoms with Crippen molar-refractivity contribution in [3.8, 4) is 5.75 Å². The Hall–Kier alpha value is -2.40. The highest BCUT2D eigenvalue weighted by atomic mass is 33.1. The van der Waals surface area contributed by atoms with E-state index in [1.54, 1.807) is 12.1 Å². The predicted molar refractivity (Wildman–Crippen MR) is 157 cm³/mol. The average Bonchev–Trinajstić information content (AvgIpc) is 3.24. The monoisotopic (exact) mass is 597 g/mol. The van der Waals surface area contributed by atoms with Crippen molar-refractivity contribution in [1.82, 2.24) is 5.06 Å². The molecule has 0 N–H and O–H groups in total. The molecule has 40 heavy (non-hydrogen) atoms. The van der Waals surface area contributed by atoms with E-state index in [0.29, 0.717) is 34.5 Å². The fourth-order valence-electron chi connectivity index (χ4n) is 4.02. The number of hydrogen-bond acceptors (Lipinski definition) is 10. The van der Waals surface area contributed by atoms with Gasteiger partial charge in [-0.3, -0.25) is 14.4 Å². The molecule has 1 aliphatic heterocycles. The van der Waals surface area contributed by atoms with E-state index < -0.39 is 23.9 Å². The number of rotatable bonds is 21. The van der Waals surface area contributed by atoms with E-state index in [2.05, 4.69) is 11.8 Å². The van der Waals surface area contributed by atoms with Gasteiger partial charge < -0.3 is 14.2 Å². The summed E-state index contributed by atoms with van der Waals surface area (Å²) in [6.07, 6.45) is 11.7. The first-order chi connectivity index (χ1) is 19.4. The van der Waals surface area contributed by atoms with Crippen LogP contribution in [0.3, 0.4) is 0 Å². The summed E-state index contributed by atoms with van der Waals surface area (Å²) in [5.74, 6) is 0.207. The fraction of sp³-hybridized carbons (Fsp3) is 0.655. The molecule has 1 aromatic carbocycles. The quantitative estimate of drug-likeness (QED) is 0.0633. The van der Waals surface area contributed by atoms with Gasteiger partial charge in [-0.1, -0.05) is 91.4 Å². The number of carbonyl (C=O) groups is 4. The summed E-state index contributed by atoms with van der Waals surface area (Å²) >= 11 is 0. The lowest BCUT2D eigenvalue weighted by atomic mass is 10.1. The summed E-state index contributed by atoms with van der Waals surface area (Å²) < 4.78 is 16.1. The van der Waals surface area contributed by atoms with Crippen LogP contribution in [0.25, 0.3) is 0 Å². The van der Waals surface area contributed by atoms with E-state index in [1.807, 2.05) is 13.0 Å². The number of imide groups is 1. The fourth-order valence-corrected chi connectivity index (χ4v) is 5.67. The van der Waals surface area contributed by atoms with Gasteiger partial charge in [0.15, 0.2) is 0 Å². The molecule has 9 nitrogen and oxygen atoms in total. The minimum Gasteiger partial charge on any atom is -0.494 e. The maximum Gasteiger partial charge on any atom is 0.533 e. The van der Waals surface area contributed by atoms with E-state index in [4.69, 9.17) is 14.2 Å². The SMILES string of the molecule is CCCCCCCCCCCCOc1cc(C)cc(C(=O)OCCSSCCOC(=O)ON2C(=O)CCC2=O)c1. The zero-order chi connectivity index (χ0) is 29.0. The zero-order valence-electron chi connectivity index (χ0n) is 23.8. The van der Waals surface area contributed by atoms with Crippen molar-refractivity contribution in [2.75, 3.05) is 31.3 Å². The number of hydrogen-bond donors (Lipinski definition) is 0. The number of unbranched alkanes of at least 4 members (excludes halogenated alkanes) is 9. The molecule has 0 spiro atoms. The van der Waals surface area contributed by atoms with Gasteiger partial charge in [0.2, 0.25) is 0 Å². The second-order valence-electron chi connectivity index (χ2n) is 9.62. The Labute approximate surface area is 245 Å². The first kappa shape index (κ1) is 33.8. The Morgan fingerprint density at radius 2 is 1.35 bits per heavy atom. The lowest BCUT2D eigenvalue weighted by Gasteiger charge is -2.12. The van der Waals surface area contributed by atoms with Crippen LogP contribution in [-0.2, 0) is 23.9 Å². The molecule has 1 aromatic rings. The third kappa shape index (κ3) is 14.3. The van der Waals surface area contributed by atoms with Crippen LogP contribution in [0.1, 0.15) is 99.9 Å². The number of benzene rings is 1. The molecule has 1 saturated heterocycles. The molecule has 1 aliphatic rings. The first-order valence-electron chi connectivity index (χ1n) is 14.3.